The van der Waals surface area contributed by atoms with Gasteiger partial charge in [0.15, 0.2) is 11.5 Å². The summed E-state index contributed by atoms with van der Waals surface area (Å²) in [6.07, 6.45) is 0.865. The lowest BCUT2D eigenvalue weighted by Gasteiger charge is -2.14. The van der Waals surface area contributed by atoms with Gasteiger partial charge in [0.2, 0.25) is 0 Å². The van der Waals surface area contributed by atoms with Gasteiger partial charge in [-0.25, -0.2) is 0 Å². The Bertz CT molecular complexity index is 310. The second-order valence-electron chi connectivity index (χ2n) is 3.98. The highest BCUT2D eigenvalue weighted by Gasteiger charge is 2.10. The highest BCUT2D eigenvalue weighted by Crippen LogP contribution is 2.28. The van der Waals surface area contributed by atoms with Crippen LogP contribution in [0.4, 0.5) is 0 Å². The second kappa shape index (κ2) is 4.33. The summed E-state index contributed by atoms with van der Waals surface area (Å²) in [7, 11) is 0. The van der Waals surface area contributed by atoms with Crippen molar-refractivity contribution in [1.29, 1.82) is 0 Å². The van der Waals surface area contributed by atoms with Crippen molar-refractivity contribution in [3.05, 3.63) is 23.8 Å². The van der Waals surface area contributed by atoms with Gasteiger partial charge in [-0.2, -0.15) is 0 Å². The molecule has 0 radical (unpaired) electrons. The fraction of sp³-hybridized carbons (Fsp3) is 0.455. The largest absolute Gasteiger partial charge is 0.504 e. The van der Waals surface area contributed by atoms with E-state index in [0.717, 1.165) is 12.0 Å². The molecule has 0 amide bonds. The molecule has 0 saturated carbocycles. The molecular formula is C11H17NO2. The van der Waals surface area contributed by atoms with Crippen LogP contribution in [0.2, 0.25) is 0 Å². The Morgan fingerprint density at radius 1 is 1.21 bits per heavy atom. The van der Waals surface area contributed by atoms with Gasteiger partial charge in [0.05, 0.1) is 0 Å². The van der Waals surface area contributed by atoms with Crippen molar-refractivity contribution in [3.8, 4) is 11.5 Å². The third kappa shape index (κ3) is 2.64. The highest BCUT2D eigenvalue weighted by molar-refractivity contribution is 5.41. The predicted molar refractivity (Wildman–Crippen MR) is 56.2 cm³/mol. The van der Waals surface area contributed by atoms with E-state index in [9.17, 15) is 5.11 Å². The number of benzene rings is 1. The van der Waals surface area contributed by atoms with Crippen molar-refractivity contribution in [3.63, 3.8) is 0 Å². The number of hydrogen-bond donors (Lipinski definition) is 3. The molecule has 0 bridgehead atoms. The Kier molecular flexibility index (Phi) is 3.36. The molecule has 0 aliphatic rings. The zero-order valence-electron chi connectivity index (χ0n) is 8.57. The topological polar surface area (TPSA) is 66.5 Å². The molecule has 4 N–H and O–H groups in total. The van der Waals surface area contributed by atoms with Crippen molar-refractivity contribution < 1.29 is 10.2 Å². The first-order chi connectivity index (χ1) is 6.50. The van der Waals surface area contributed by atoms with Crippen LogP contribution in [0.25, 0.3) is 0 Å². The summed E-state index contributed by atoms with van der Waals surface area (Å²) >= 11 is 0. The Labute approximate surface area is 84.2 Å². The van der Waals surface area contributed by atoms with Gasteiger partial charge < -0.3 is 15.9 Å². The van der Waals surface area contributed by atoms with Crippen LogP contribution in [-0.2, 0) is 0 Å². The summed E-state index contributed by atoms with van der Waals surface area (Å²) in [5, 5.41) is 18.4. The minimum Gasteiger partial charge on any atom is -0.504 e. The van der Waals surface area contributed by atoms with Gasteiger partial charge in [-0.05, 0) is 30.0 Å². The fourth-order valence-electron chi connectivity index (χ4n) is 1.42. The summed E-state index contributed by atoms with van der Waals surface area (Å²) in [6, 6.07) is 4.64. The van der Waals surface area contributed by atoms with Gasteiger partial charge in [-0.3, -0.25) is 0 Å². The SMILES string of the molecule is CC(C)C[C@@H](N)c1ccc(O)c(O)c1. The van der Waals surface area contributed by atoms with Gasteiger partial charge in [-0.15, -0.1) is 0 Å². The van der Waals surface area contributed by atoms with E-state index in [1.807, 2.05) is 0 Å². The maximum absolute atomic E-state index is 9.28. The number of hydrogen-bond acceptors (Lipinski definition) is 3. The quantitative estimate of drug-likeness (QED) is 0.647. The standard InChI is InChI=1S/C11H17NO2/c1-7(2)5-9(12)8-3-4-10(13)11(14)6-8/h3-4,6-7,9,13-14H,5,12H2,1-2H3/t9-/m1/s1. The first kappa shape index (κ1) is 10.9. The molecule has 14 heavy (non-hydrogen) atoms. The molecular weight excluding hydrogens is 178 g/mol. The van der Waals surface area contributed by atoms with Crippen molar-refractivity contribution >= 4 is 0 Å². The van der Waals surface area contributed by atoms with E-state index >= 15 is 0 Å². The average Bonchev–Trinajstić information content (AvgIpc) is 2.08. The van der Waals surface area contributed by atoms with Crippen LogP contribution >= 0.6 is 0 Å². The molecule has 3 nitrogen and oxygen atoms in total. The van der Waals surface area contributed by atoms with Gasteiger partial charge in [-0.1, -0.05) is 19.9 Å². The van der Waals surface area contributed by atoms with Gasteiger partial charge >= 0.3 is 0 Å². The zero-order chi connectivity index (χ0) is 10.7. The van der Waals surface area contributed by atoms with Crippen LogP contribution < -0.4 is 5.73 Å². The molecule has 1 aromatic rings. The Balaban J connectivity index is 2.80. The Morgan fingerprint density at radius 3 is 2.36 bits per heavy atom. The summed E-state index contributed by atoms with van der Waals surface area (Å²) in [6.45, 7) is 4.19. The monoisotopic (exact) mass is 195 g/mol. The number of phenolic OH excluding ortho intramolecular Hbond substituents is 2. The maximum Gasteiger partial charge on any atom is 0.157 e. The molecule has 1 atom stereocenters. The first-order valence-electron chi connectivity index (χ1n) is 4.78. The highest BCUT2D eigenvalue weighted by atomic mass is 16.3. The first-order valence-corrected chi connectivity index (χ1v) is 4.78. The Morgan fingerprint density at radius 2 is 1.86 bits per heavy atom. The van der Waals surface area contributed by atoms with Crippen molar-refractivity contribution in [2.75, 3.05) is 0 Å². The molecule has 0 heterocycles. The number of rotatable bonds is 3. The van der Waals surface area contributed by atoms with Crippen LogP contribution in [0.5, 0.6) is 11.5 Å². The van der Waals surface area contributed by atoms with Crippen molar-refractivity contribution in [2.45, 2.75) is 26.3 Å². The molecule has 3 heteroatoms. The van der Waals surface area contributed by atoms with E-state index in [0.29, 0.717) is 5.92 Å². The molecule has 1 aromatic carbocycles. The van der Waals surface area contributed by atoms with Crippen LogP contribution in [0.1, 0.15) is 31.9 Å². The van der Waals surface area contributed by atoms with Gasteiger partial charge in [0.1, 0.15) is 0 Å². The smallest absolute Gasteiger partial charge is 0.157 e. The van der Waals surface area contributed by atoms with E-state index in [1.54, 1.807) is 6.07 Å². The van der Waals surface area contributed by atoms with Crippen molar-refractivity contribution in [1.82, 2.24) is 0 Å². The summed E-state index contributed by atoms with van der Waals surface area (Å²) < 4.78 is 0. The lowest BCUT2D eigenvalue weighted by Crippen LogP contribution is -2.12. The third-order valence-corrected chi connectivity index (χ3v) is 2.15. The Hall–Kier alpha value is -1.22. The van der Waals surface area contributed by atoms with Crippen molar-refractivity contribution in [2.24, 2.45) is 11.7 Å². The number of phenols is 2. The zero-order valence-corrected chi connectivity index (χ0v) is 8.57. The minimum absolute atomic E-state index is 0.0819. The van der Waals surface area contributed by atoms with Crippen LogP contribution in [-0.4, -0.2) is 10.2 Å². The van der Waals surface area contributed by atoms with E-state index < -0.39 is 0 Å². The molecule has 1 rings (SSSR count). The average molecular weight is 195 g/mol. The summed E-state index contributed by atoms with van der Waals surface area (Å²) in [5.41, 5.74) is 6.78. The fourth-order valence-corrected chi connectivity index (χ4v) is 1.42. The molecule has 0 spiro atoms. The number of nitrogens with two attached hydrogens (primary N) is 1. The second-order valence-corrected chi connectivity index (χ2v) is 3.98. The molecule has 0 aromatic heterocycles. The number of aromatic hydroxyl groups is 2. The van der Waals surface area contributed by atoms with Crippen LogP contribution in [0.15, 0.2) is 18.2 Å². The van der Waals surface area contributed by atoms with E-state index in [4.69, 9.17) is 10.8 Å². The molecule has 78 valence electrons. The minimum atomic E-state index is -0.110. The summed E-state index contributed by atoms with van der Waals surface area (Å²) in [4.78, 5) is 0. The lowest BCUT2D eigenvalue weighted by atomic mass is 9.98. The molecule has 0 fully saturated rings. The molecule has 0 saturated heterocycles. The maximum atomic E-state index is 9.28. The van der Waals surface area contributed by atoms with Crippen LogP contribution in [0.3, 0.4) is 0 Å². The molecule has 0 unspecified atom stereocenters. The van der Waals surface area contributed by atoms with Gasteiger partial charge in [0, 0.05) is 6.04 Å². The third-order valence-electron chi connectivity index (χ3n) is 2.15. The molecule has 0 aliphatic carbocycles. The summed E-state index contributed by atoms with van der Waals surface area (Å²) in [5.74, 6) is 0.299. The van der Waals surface area contributed by atoms with E-state index in [2.05, 4.69) is 13.8 Å². The van der Waals surface area contributed by atoms with Crippen LogP contribution in [0, 0.1) is 5.92 Å². The van der Waals surface area contributed by atoms with Gasteiger partial charge in [0.25, 0.3) is 0 Å². The normalized spacial score (nSPS) is 13.1. The predicted octanol–water partition coefficient (Wildman–Crippen LogP) is 2.14. The molecule has 0 aliphatic heterocycles. The van der Waals surface area contributed by atoms with E-state index in [-0.39, 0.29) is 17.5 Å². The van der Waals surface area contributed by atoms with E-state index in [1.165, 1.54) is 12.1 Å². The lowest BCUT2D eigenvalue weighted by molar-refractivity contribution is 0.401.